The van der Waals surface area contributed by atoms with Crippen LogP contribution in [0.15, 0.2) is 18.2 Å². The van der Waals surface area contributed by atoms with Crippen molar-refractivity contribution in [1.82, 2.24) is 10.3 Å². The number of rotatable bonds is 3. The fraction of sp³-hybridized carbons (Fsp3) is 0.385. The third-order valence-corrected chi connectivity index (χ3v) is 2.94. The van der Waals surface area contributed by atoms with E-state index < -0.39 is 0 Å². The molecule has 0 saturated carbocycles. The molecule has 2 N–H and O–H groups in total. The van der Waals surface area contributed by atoms with Crippen molar-refractivity contribution < 1.29 is 4.39 Å². The lowest BCUT2D eigenvalue weighted by molar-refractivity contribution is 0.598. The van der Waals surface area contributed by atoms with Gasteiger partial charge in [-0.15, -0.1) is 0 Å². The van der Waals surface area contributed by atoms with E-state index >= 15 is 0 Å². The van der Waals surface area contributed by atoms with Crippen molar-refractivity contribution in [3.8, 4) is 0 Å². The van der Waals surface area contributed by atoms with E-state index in [-0.39, 0.29) is 11.9 Å². The molecule has 1 atom stereocenters. The van der Waals surface area contributed by atoms with Gasteiger partial charge in [0.1, 0.15) is 5.82 Å². The summed E-state index contributed by atoms with van der Waals surface area (Å²) in [5.41, 5.74) is 3.27. The van der Waals surface area contributed by atoms with Crippen molar-refractivity contribution in [1.29, 1.82) is 0 Å². The summed E-state index contributed by atoms with van der Waals surface area (Å²) in [7, 11) is 0. The van der Waals surface area contributed by atoms with Gasteiger partial charge in [0.05, 0.1) is 0 Å². The molecule has 2 nitrogen and oxygen atoms in total. The highest BCUT2D eigenvalue weighted by Gasteiger charge is 2.14. The van der Waals surface area contributed by atoms with Crippen LogP contribution >= 0.6 is 0 Å². The number of hydrogen-bond donors (Lipinski definition) is 2. The Morgan fingerprint density at radius 2 is 2.19 bits per heavy atom. The average molecular weight is 220 g/mol. The number of halogens is 1. The van der Waals surface area contributed by atoms with Crippen LogP contribution in [0.2, 0.25) is 0 Å². The molecule has 16 heavy (non-hydrogen) atoms. The molecule has 1 heterocycles. The molecular formula is C13H17FN2. The minimum Gasteiger partial charge on any atom is -0.358 e. The molecule has 0 spiro atoms. The molecule has 0 bridgehead atoms. The first kappa shape index (κ1) is 11.1. The van der Waals surface area contributed by atoms with Gasteiger partial charge >= 0.3 is 0 Å². The summed E-state index contributed by atoms with van der Waals surface area (Å²) in [6.45, 7) is 7.11. The quantitative estimate of drug-likeness (QED) is 0.816. The lowest BCUT2D eigenvalue weighted by Crippen LogP contribution is -2.18. The lowest BCUT2D eigenvalue weighted by Gasteiger charge is -2.12. The van der Waals surface area contributed by atoms with E-state index in [2.05, 4.69) is 24.1 Å². The summed E-state index contributed by atoms with van der Waals surface area (Å²) < 4.78 is 13.2. The summed E-state index contributed by atoms with van der Waals surface area (Å²) in [6, 6.07) is 5.11. The van der Waals surface area contributed by atoms with Crippen LogP contribution in [0.1, 0.15) is 31.1 Å². The Morgan fingerprint density at radius 1 is 1.44 bits per heavy atom. The highest BCUT2D eigenvalue weighted by molar-refractivity contribution is 5.85. The monoisotopic (exact) mass is 220 g/mol. The molecule has 3 heteroatoms. The first-order valence-corrected chi connectivity index (χ1v) is 5.64. The third kappa shape index (κ3) is 1.83. The number of aromatic nitrogens is 1. The summed E-state index contributed by atoms with van der Waals surface area (Å²) in [5, 5.41) is 4.34. The van der Waals surface area contributed by atoms with Crippen molar-refractivity contribution in [2.75, 3.05) is 6.54 Å². The molecule has 1 aromatic carbocycles. The number of aryl methyl sites for hydroxylation is 1. The number of fused-ring (bicyclic) bond motifs is 1. The molecule has 0 aliphatic carbocycles. The van der Waals surface area contributed by atoms with Crippen molar-refractivity contribution in [2.24, 2.45) is 0 Å². The van der Waals surface area contributed by atoms with Crippen molar-refractivity contribution in [3.05, 3.63) is 35.3 Å². The highest BCUT2D eigenvalue weighted by Crippen LogP contribution is 2.28. The predicted octanol–water partition coefficient (Wildman–Crippen LogP) is 3.29. The molecular weight excluding hydrogens is 203 g/mol. The van der Waals surface area contributed by atoms with Gasteiger partial charge in [-0.1, -0.05) is 6.92 Å². The summed E-state index contributed by atoms with van der Waals surface area (Å²) in [6.07, 6.45) is 0. The topological polar surface area (TPSA) is 27.8 Å². The second-order valence-electron chi connectivity index (χ2n) is 4.13. The van der Waals surface area contributed by atoms with Gasteiger partial charge in [-0.05, 0) is 44.2 Å². The Labute approximate surface area is 94.9 Å². The Morgan fingerprint density at radius 3 is 2.88 bits per heavy atom. The molecule has 86 valence electrons. The Kier molecular flexibility index (Phi) is 2.97. The van der Waals surface area contributed by atoms with Crippen LogP contribution in [-0.4, -0.2) is 11.5 Å². The van der Waals surface area contributed by atoms with E-state index in [4.69, 9.17) is 0 Å². The fourth-order valence-corrected chi connectivity index (χ4v) is 2.29. The average Bonchev–Trinajstić information content (AvgIpc) is 2.53. The van der Waals surface area contributed by atoms with Gasteiger partial charge in [0.15, 0.2) is 0 Å². The molecule has 1 unspecified atom stereocenters. The number of benzene rings is 1. The lowest BCUT2D eigenvalue weighted by atomic mass is 10.0. The number of H-pyrrole nitrogens is 1. The molecule has 0 aliphatic rings. The zero-order chi connectivity index (χ0) is 11.7. The molecule has 0 aliphatic heterocycles. The molecule has 0 saturated heterocycles. The van der Waals surface area contributed by atoms with Gasteiger partial charge in [-0.3, -0.25) is 0 Å². The van der Waals surface area contributed by atoms with E-state index in [1.807, 2.05) is 6.92 Å². The van der Waals surface area contributed by atoms with Gasteiger partial charge in [0, 0.05) is 22.6 Å². The third-order valence-electron chi connectivity index (χ3n) is 2.94. The van der Waals surface area contributed by atoms with Gasteiger partial charge in [0.25, 0.3) is 0 Å². The van der Waals surface area contributed by atoms with Crippen molar-refractivity contribution in [2.45, 2.75) is 26.8 Å². The maximum absolute atomic E-state index is 13.2. The first-order chi connectivity index (χ1) is 7.63. The molecule has 0 amide bonds. The smallest absolute Gasteiger partial charge is 0.123 e. The first-order valence-electron chi connectivity index (χ1n) is 5.64. The van der Waals surface area contributed by atoms with Crippen LogP contribution < -0.4 is 5.32 Å². The summed E-state index contributed by atoms with van der Waals surface area (Å²) in [5.74, 6) is -0.184. The van der Waals surface area contributed by atoms with Gasteiger partial charge in [-0.25, -0.2) is 4.39 Å². The fourth-order valence-electron chi connectivity index (χ4n) is 2.29. The SMILES string of the molecule is CCNC(C)c1c(C)[nH]c2ccc(F)cc12. The van der Waals surface area contributed by atoms with Crippen molar-refractivity contribution in [3.63, 3.8) is 0 Å². The van der Waals surface area contributed by atoms with Gasteiger partial charge in [-0.2, -0.15) is 0 Å². The second-order valence-corrected chi connectivity index (χ2v) is 4.13. The number of aromatic amines is 1. The van der Waals surface area contributed by atoms with Crippen LogP contribution in [0.3, 0.4) is 0 Å². The Bertz CT molecular complexity index is 502. The van der Waals surface area contributed by atoms with E-state index in [9.17, 15) is 4.39 Å². The van der Waals surface area contributed by atoms with E-state index in [0.29, 0.717) is 0 Å². The normalized spacial score (nSPS) is 13.2. The number of hydrogen-bond acceptors (Lipinski definition) is 1. The number of nitrogens with one attached hydrogen (secondary N) is 2. The van der Waals surface area contributed by atoms with Gasteiger partial charge in [0.2, 0.25) is 0 Å². The van der Waals surface area contributed by atoms with Gasteiger partial charge < -0.3 is 10.3 Å². The van der Waals surface area contributed by atoms with Crippen LogP contribution in [-0.2, 0) is 0 Å². The standard InChI is InChI=1S/C13H17FN2/c1-4-15-8(2)13-9(3)16-12-6-5-10(14)7-11(12)13/h5-8,15-16H,4H2,1-3H3. The second kappa shape index (κ2) is 4.26. The molecule has 2 rings (SSSR count). The Hall–Kier alpha value is -1.35. The summed E-state index contributed by atoms with van der Waals surface area (Å²) >= 11 is 0. The van der Waals surface area contributed by atoms with Crippen LogP contribution in [0.25, 0.3) is 10.9 Å². The maximum Gasteiger partial charge on any atom is 0.123 e. The molecule has 1 aromatic heterocycles. The zero-order valence-electron chi connectivity index (χ0n) is 9.89. The summed E-state index contributed by atoms with van der Waals surface area (Å²) in [4.78, 5) is 3.29. The largest absolute Gasteiger partial charge is 0.358 e. The minimum absolute atomic E-state index is 0.184. The van der Waals surface area contributed by atoms with Crippen molar-refractivity contribution >= 4 is 10.9 Å². The Balaban J connectivity index is 2.58. The van der Waals surface area contributed by atoms with Crippen LogP contribution in [0.5, 0.6) is 0 Å². The molecule has 0 radical (unpaired) electrons. The highest BCUT2D eigenvalue weighted by atomic mass is 19.1. The molecule has 2 aromatic rings. The minimum atomic E-state index is -0.184. The van der Waals surface area contributed by atoms with Crippen LogP contribution in [0.4, 0.5) is 4.39 Å². The maximum atomic E-state index is 13.2. The van der Waals surface area contributed by atoms with E-state index in [1.54, 1.807) is 12.1 Å². The zero-order valence-corrected chi connectivity index (χ0v) is 9.89. The van der Waals surface area contributed by atoms with Crippen LogP contribution in [0, 0.1) is 12.7 Å². The van der Waals surface area contributed by atoms with E-state index in [0.717, 1.165) is 28.7 Å². The van der Waals surface area contributed by atoms with E-state index in [1.165, 1.54) is 6.07 Å². The molecule has 0 fully saturated rings. The predicted molar refractivity (Wildman–Crippen MR) is 65.1 cm³/mol.